The fourth-order valence-corrected chi connectivity index (χ4v) is 2.33. The van der Waals surface area contributed by atoms with Crippen LogP contribution in [0.15, 0.2) is 18.2 Å². The number of halogens is 3. The Kier molecular flexibility index (Phi) is 4.87. The number of benzene rings is 1. The van der Waals surface area contributed by atoms with Crippen molar-refractivity contribution >= 4 is 11.6 Å². The molecule has 0 spiro atoms. The molecule has 0 saturated heterocycles. The number of amides is 1. The van der Waals surface area contributed by atoms with Crippen molar-refractivity contribution in [1.29, 1.82) is 5.26 Å². The summed E-state index contributed by atoms with van der Waals surface area (Å²) in [6.45, 7) is 0.792. The number of nitrogens with zero attached hydrogens (tertiary/aromatic N) is 2. The molecule has 1 aromatic rings. The number of carbonyl (C=O) groups excluding carboxylic acids is 1. The number of nitriles is 1. The molecule has 0 radical (unpaired) electrons. The van der Waals surface area contributed by atoms with Crippen molar-refractivity contribution < 1.29 is 27.6 Å². The minimum Gasteiger partial charge on any atom is -0.483 e. The van der Waals surface area contributed by atoms with E-state index in [2.05, 4.69) is 5.32 Å². The van der Waals surface area contributed by atoms with E-state index in [1.807, 2.05) is 6.07 Å². The fraction of sp³-hybridized carbons (Fsp3) is 0.467. The number of ether oxygens (including phenoxy) is 1. The minimum atomic E-state index is -4.88. The molecule has 1 aliphatic rings. The average Bonchev–Trinajstić information content (AvgIpc) is 3.37. The number of non-ortho nitro benzene ring substituents is 1. The maximum absolute atomic E-state index is 13.0. The van der Waals surface area contributed by atoms with E-state index in [4.69, 9.17) is 10.00 Å². The van der Waals surface area contributed by atoms with Crippen LogP contribution in [-0.2, 0) is 11.0 Å². The summed E-state index contributed by atoms with van der Waals surface area (Å²) in [6, 6.07) is 3.97. The van der Waals surface area contributed by atoms with Crippen LogP contribution in [0, 0.1) is 27.4 Å². The monoisotopic (exact) mass is 357 g/mol. The molecule has 1 amide bonds. The quantitative estimate of drug-likeness (QED) is 0.622. The van der Waals surface area contributed by atoms with Gasteiger partial charge in [-0.05, 0) is 31.7 Å². The Balaban J connectivity index is 2.11. The Morgan fingerprint density at radius 2 is 2.12 bits per heavy atom. The van der Waals surface area contributed by atoms with Crippen LogP contribution < -0.4 is 10.1 Å². The van der Waals surface area contributed by atoms with Gasteiger partial charge in [-0.25, -0.2) is 0 Å². The van der Waals surface area contributed by atoms with Crippen LogP contribution in [0.2, 0.25) is 0 Å². The van der Waals surface area contributed by atoms with Gasteiger partial charge in [-0.3, -0.25) is 14.9 Å². The highest BCUT2D eigenvalue weighted by Crippen LogP contribution is 2.40. The van der Waals surface area contributed by atoms with Crippen LogP contribution in [0.1, 0.15) is 25.3 Å². The van der Waals surface area contributed by atoms with Gasteiger partial charge in [-0.1, -0.05) is 0 Å². The third kappa shape index (κ3) is 4.37. The van der Waals surface area contributed by atoms with Gasteiger partial charge in [0.1, 0.15) is 16.9 Å². The van der Waals surface area contributed by atoms with Crippen LogP contribution in [0.25, 0.3) is 0 Å². The van der Waals surface area contributed by atoms with E-state index in [0.29, 0.717) is 6.07 Å². The summed E-state index contributed by atoms with van der Waals surface area (Å²) in [6.07, 6.45) is -3.31. The maximum atomic E-state index is 13.0. The molecule has 1 N–H and O–H groups in total. The molecule has 2 rings (SSSR count). The molecule has 1 aliphatic carbocycles. The van der Waals surface area contributed by atoms with Crippen LogP contribution in [0.5, 0.6) is 5.75 Å². The Bertz CT molecular complexity index is 741. The molecular formula is C15H14F3N3O4. The van der Waals surface area contributed by atoms with Crippen molar-refractivity contribution in [2.24, 2.45) is 5.92 Å². The second kappa shape index (κ2) is 6.58. The first-order chi connectivity index (χ1) is 11.6. The first-order valence-electron chi connectivity index (χ1n) is 7.27. The first-order valence-corrected chi connectivity index (χ1v) is 7.27. The van der Waals surface area contributed by atoms with E-state index in [1.165, 1.54) is 6.92 Å². The van der Waals surface area contributed by atoms with Gasteiger partial charge < -0.3 is 10.1 Å². The van der Waals surface area contributed by atoms with E-state index in [-0.39, 0.29) is 5.92 Å². The van der Waals surface area contributed by atoms with E-state index >= 15 is 0 Å². The van der Waals surface area contributed by atoms with E-state index < -0.39 is 46.2 Å². The highest BCUT2D eigenvalue weighted by Gasteiger charge is 2.43. The zero-order chi connectivity index (χ0) is 18.8. The van der Waals surface area contributed by atoms with Gasteiger partial charge in [0.25, 0.3) is 11.6 Å². The Morgan fingerprint density at radius 3 is 2.60 bits per heavy atom. The van der Waals surface area contributed by atoms with Crippen molar-refractivity contribution in [3.05, 3.63) is 33.9 Å². The molecule has 10 heteroatoms. The molecule has 0 aliphatic heterocycles. The predicted molar refractivity (Wildman–Crippen MR) is 78.5 cm³/mol. The zero-order valence-corrected chi connectivity index (χ0v) is 13.1. The highest BCUT2D eigenvalue weighted by atomic mass is 19.4. The number of nitrogens with one attached hydrogen (secondary N) is 1. The lowest BCUT2D eigenvalue weighted by molar-refractivity contribution is -0.385. The molecule has 1 atom stereocenters. The summed E-state index contributed by atoms with van der Waals surface area (Å²) in [5.41, 5.74) is -3.18. The van der Waals surface area contributed by atoms with E-state index in [0.717, 1.165) is 25.0 Å². The van der Waals surface area contributed by atoms with Crippen LogP contribution in [-0.4, -0.2) is 23.0 Å². The number of hydrogen-bond acceptors (Lipinski definition) is 5. The number of alkyl halides is 3. The van der Waals surface area contributed by atoms with Gasteiger partial charge >= 0.3 is 6.18 Å². The summed E-state index contributed by atoms with van der Waals surface area (Å²) < 4.78 is 43.9. The smallest absolute Gasteiger partial charge is 0.420 e. The van der Waals surface area contributed by atoms with Crippen molar-refractivity contribution in [2.45, 2.75) is 31.5 Å². The number of hydrogen-bond donors (Lipinski definition) is 1. The standard InChI is InChI=1S/C15H14F3N3O4/c1-14(8-19,9-2-3-9)20-13(22)7-25-12-5-4-10(21(23)24)6-11(12)15(16,17)18/h4-6,9H,2-3,7H2,1H3,(H,20,22). The van der Waals surface area contributed by atoms with Crippen molar-refractivity contribution in [2.75, 3.05) is 6.61 Å². The lowest BCUT2D eigenvalue weighted by Crippen LogP contribution is -2.48. The molecule has 0 heterocycles. The topological polar surface area (TPSA) is 105 Å². The molecule has 1 saturated carbocycles. The Hall–Kier alpha value is -2.83. The lowest BCUT2D eigenvalue weighted by Gasteiger charge is -2.23. The van der Waals surface area contributed by atoms with Crippen LogP contribution >= 0.6 is 0 Å². The summed E-state index contributed by atoms with van der Waals surface area (Å²) in [5.74, 6) is -1.44. The lowest BCUT2D eigenvalue weighted by atomic mass is 9.98. The van der Waals surface area contributed by atoms with Gasteiger partial charge in [0.15, 0.2) is 6.61 Å². The van der Waals surface area contributed by atoms with Crippen molar-refractivity contribution in [1.82, 2.24) is 5.32 Å². The predicted octanol–water partition coefficient (Wildman–Crippen LogP) is 2.80. The molecule has 1 unspecified atom stereocenters. The van der Waals surface area contributed by atoms with Crippen molar-refractivity contribution in [3.8, 4) is 11.8 Å². The number of nitro groups is 1. The van der Waals surface area contributed by atoms with E-state index in [9.17, 15) is 28.1 Å². The van der Waals surface area contributed by atoms with Crippen molar-refractivity contribution in [3.63, 3.8) is 0 Å². The second-order valence-electron chi connectivity index (χ2n) is 5.86. The average molecular weight is 357 g/mol. The summed E-state index contributed by atoms with van der Waals surface area (Å²) in [5, 5.41) is 22.2. The van der Waals surface area contributed by atoms with Gasteiger partial charge in [0.2, 0.25) is 0 Å². The molecule has 134 valence electrons. The second-order valence-corrected chi connectivity index (χ2v) is 5.86. The molecule has 7 nitrogen and oxygen atoms in total. The minimum absolute atomic E-state index is 0.00607. The number of carbonyl (C=O) groups is 1. The number of nitro benzene ring substituents is 1. The third-order valence-corrected chi connectivity index (χ3v) is 3.86. The van der Waals surface area contributed by atoms with Crippen LogP contribution in [0.4, 0.5) is 18.9 Å². The number of rotatable bonds is 6. The Morgan fingerprint density at radius 1 is 1.48 bits per heavy atom. The fourth-order valence-electron chi connectivity index (χ4n) is 2.33. The molecule has 0 aromatic heterocycles. The highest BCUT2D eigenvalue weighted by molar-refractivity contribution is 5.79. The summed E-state index contributed by atoms with van der Waals surface area (Å²) in [7, 11) is 0. The molecular weight excluding hydrogens is 343 g/mol. The zero-order valence-electron chi connectivity index (χ0n) is 13.1. The van der Waals surface area contributed by atoms with Gasteiger partial charge in [0, 0.05) is 12.1 Å². The third-order valence-electron chi connectivity index (χ3n) is 3.86. The molecule has 0 bridgehead atoms. The maximum Gasteiger partial charge on any atom is 0.420 e. The van der Waals surface area contributed by atoms with Gasteiger partial charge in [-0.2, -0.15) is 18.4 Å². The summed E-state index contributed by atoms with van der Waals surface area (Å²) in [4.78, 5) is 21.5. The SMILES string of the molecule is CC(C#N)(NC(=O)COc1ccc([N+](=O)[O-])cc1C(F)(F)F)C1CC1. The molecule has 1 fully saturated rings. The first kappa shape index (κ1) is 18.5. The van der Waals surface area contributed by atoms with E-state index in [1.54, 1.807) is 0 Å². The van der Waals surface area contributed by atoms with Gasteiger partial charge in [0.05, 0.1) is 11.0 Å². The largest absolute Gasteiger partial charge is 0.483 e. The van der Waals surface area contributed by atoms with Gasteiger partial charge in [-0.15, -0.1) is 0 Å². The molecule has 25 heavy (non-hydrogen) atoms. The Labute approximate surface area is 140 Å². The van der Waals surface area contributed by atoms with Crippen LogP contribution in [0.3, 0.4) is 0 Å². The normalized spacial score (nSPS) is 16.4. The molecule has 1 aromatic carbocycles. The summed E-state index contributed by atoms with van der Waals surface area (Å²) >= 11 is 0.